The van der Waals surface area contributed by atoms with Crippen LogP contribution in [0.4, 0.5) is 0 Å². The average Bonchev–Trinajstić information content (AvgIpc) is 3.40. The van der Waals surface area contributed by atoms with E-state index in [0.717, 1.165) is 20.6 Å². The van der Waals surface area contributed by atoms with Gasteiger partial charge in [0.25, 0.3) is 6.01 Å². The van der Waals surface area contributed by atoms with Crippen molar-refractivity contribution in [3.05, 3.63) is 20.7 Å². The Morgan fingerprint density at radius 2 is 1.72 bits per heavy atom. The summed E-state index contributed by atoms with van der Waals surface area (Å²) in [6.07, 6.45) is -0.668. The maximum atomic E-state index is 6.65. The lowest BCUT2D eigenvalue weighted by Gasteiger charge is -2.39. The minimum atomic E-state index is -1.94. The number of imidazole rings is 1. The summed E-state index contributed by atoms with van der Waals surface area (Å²) in [5, 5.41) is 0.811. The second-order valence-electron chi connectivity index (χ2n) is 12.6. The first-order chi connectivity index (χ1) is 16.7. The van der Waals surface area contributed by atoms with Gasteiger partial charge in [0.05, 0.1) is 35.4 Å². The number of ether oxygens (including phenoxy) is 4. The molecule has 0 bridgehead atoms. The van der Waals surface area contributed by atoms with Crippen LogP contribution in [0.5, 0.6) is 6.01 Å². The molecular weight excluding hydrogens is 627 g/mol. The van der Waals surface area contributed by atoms with Crippen molar-refractivity contribution in [2.24, 2.45) is 0 Å². The second kappa shape index (κ2) is 10.7. The summed E-state index contributed by atoms with van der Waals surface area (Å²) in [5.41, 5.74) is 1.72. The van der Waals surface area contributed by atoms with Crippen LogP contribution in [0.15, 0.2) is 12.1 Å². The van der Waals surface area contributed by atoms with Crippen LogP contribution in [0, 0.1) is 3.57 Å². The van der Waals surface area contributed by atoms with Crippen molar-refractivity contribution in [3.8, 4) is 6.01 Å². The molecule has 2 fully saturated rings. The summed E-state index contributed by atoms with van der Waals surface area (Å²) in [4.78, 5) is 4.80. The molecule has 1 aromatic heterocycles. The van der Waals surface area contributed by atoms with Crippen LogP contribution in [-0.2, 0) is 25.4 Å². The molecule has 2 saturated heterocycles. The maximum Gasteiger partial charge on any atom is 0.299 e. The monoisotopic (exact) mass is 666 g/mol. The molecule has 0 amide bonds. The van der Waals surface area contributed by atoms with E-state index < -0.39 is 16.4 Å². The van der Waals surface area contributed by atoms with Gasteiger partial charge in [-0.15, -0.1) is 0 Å². The zero-order valence-corrected chi connectivity index (χ0v) is 27.6. The highest BCUT2D eigenvalue weighted by Crippen LogP contribution is 2.41. The normalized spacial score (nSPS) is 25.1. The topological polar surface area (TPSA) is 64.0 Å². The molecule has 4 rings (SSSR count). The molecule has 2 aliphatic rings. The van der Waals surface area contributed by atoms with E-state index in [1.807, 2.05) is 16.7 Å². The van der Waals surface area contributed by atoms with Gasteiger partial charge in [-0.25, -0.2) is 0 Å². The van der Waals surface area contributed by atoms with Crippen molar-refractivity contribution in [2.45, 2.75) is 95.7 Å². The van der Waals surface area contributed by atoms with Gasteiger partial charge in [0, 0.05) is 18.3 Å². The molecule has 0 saturated carbocycles. The number of fused-ring (bicyclic) bond motifs is 2. The Hall–Kier alpha value is -0.216. The number of hydrogen-bond donors (Lipinski definition) is 0. The summed E-state index contributed by atoms with van der Waals surface area (Å²) in [6.45, 7) is 20.3. The third-order valence-electron chi connectivity index (χ3n) is 7.44. The first kappa shape index (κ1) is 28.8. The molecule has 0 unspecified atom stereocenters. The maximum absolute atomic E-state index is 6.65. The van der Waals surface area contributed by atoms with Gasteiger partial charge in [-0.05, 0) is 58.9 Å². The van der Waals surface area contributed by atoms with Crippen LogP contribution < -0.4 is 4.74 Å². The minimum Gasteiger partial charge on any atom is -0.456 e. The summed E-state index contributed by atoms with van der Waals surface area (Å²) < 4.78 is 34.5. The van der Waals surface area contributed by atoms with Crippen molar-refractivity contribution in [1.29, 1.82) is 0 Å². The second-order valence-corrected chi connectivity index (χ2v) is 24.5. The Kier molecular flexibility index (Phi) is 8.59. The van der Waals surface area contributed by atoms with Gasteiger partial charge in [0.2, 0.25) is 0 Å². The number of aromatic nitrogens is 2. The molecule has 0 aliphatic carbocycles. The Bertz CT molecular complexity index is 1090. The summed E-state index contributed by atoms with van der Waals surface area (Å²) in [5.74, 6) is 0. The molecular formula is C25H40ClIN2O5Si2. The van der Waals surface area contributed by atoms with Crippen LogP contribution in [0.2, 0.25) is 48.8 Å². The van der Waals surface area contributed by atoms with Gasteiger partial charge in [-0.3, -0.25) is 4.57 Å². The first-order valence-electron chi connectivity index (χ1n) is 12.7. The van der Waals surface area contributed by atoms with Crippen molar-refractivity contribution in [2.75, 3.05) is 19.8 Å². The average molecular weight is 667 g/mol. The Morgan fingerprint density at radius 3 is 2.36 bits per heavy atom. The van der Waals surface area contributed by atoms with Crippen LogP contribution in [-0.4, -0.2) is 70.2 Å². The van der Waals surface area contributed by atoms with Gasteiger partial charge in [0.15, 0.2) is 14.4 Å². The number of nitrogens with zero attached hydrogens (tertiary/aromatic N) is 2. The SMILES string of the molecule is CC(C)(C)[Si](C)(C)O[C@@H]1CO[C@H]2[C@@H]1OC[C@H]2Oc1nc2cc(I)c(Cl)cc2n1COCC[Si](C)(C)C. The van der Waals surface area contributed by atoms with Crippen LogP contribution in [0.3, 0.4) is 0 Å². The van der Waals surface area contributed by atoms with Gasteiger partial charge in [0.1, 0.15) is 18.9 Å². The number of hydrogen-bond acceptors (Lipinski definition) is 6. The lowest BCUT2D eigenvalue weighted by Crippen LogP contribution is -2.47. The summed E-state index contributed by atoms with van der Waals surface area (Å²) in [7, 11) is -3.13. The smallest absolute Gasteiger partial charge is 0.299 e. The molecule has 11 heteroatoms. The highest BCUT2D eigenvalue weighted by molar-refractivity contribution is 14.1. The molecule has 1 aromatic carbocycles. The summed E-state index contributed by atoms with van der Waals surface area (Å²) >= 11 is 8.68. The molecule has 2 aromatic rings. The van der Waals surface area contributed by atoms with Crippen LogP contribution in [0.25, 0.3) is 11.0 Å². The predicted octanol–water partition coefficient (Wildman–Crippen LogP) is 6.54. The third kappa shape index (κ3) is 6.32. The standard InChI is InChI=1S/C25H40ClIN2O5Si2/c1-25(2,3)36(7,8)34-21-14-32-22-20(13-31-23(21)22)33-24-28-18-12-17(27)16(26)11-19(18)29(24)15-30-9-10-35(4,5)6/h11-12,20-23H,9-10,13-15H2,1-8H3/t20-,21-,22-,23-/m1/s1. The highest BCUT2D eigenvalue weighted by atomic mass is 127. The molecule has 7 nitrogen and oxygen atoms in total. The third-order valence-corrected chi connectivity index (χ3v) is 15.2. The fourth-order valence-corrected chi connectivity index (χ4v) is 6.85. The van der Waals surface area contributed by atoms with Crippen molar-refractivity contribution in [1.82, 2.24) is 9.55 Å². The fraction of sp³-hybridized carbons (Fsp3) is 0.720. The van der Waals surface area contributed by atoms with E-state index in [4.69, 9.17) is 40.0 Å². The molecule has 3 heterocycles. The van der Waals surface area contributed by atoms with E-state index in [0.29, 0.717) is 37.6 Å². The van der Waals surface area contributed by atoms with Gasteiger partial charge in [-0.2, -0.15) is 4.98 Å². The number of benzene rings is 1. The van der Waals surface area contributed by atoms with Gasteiger partial charge in [-0.1, -0.05) is 52.0 Å². The quantitative estimate of drug-likeness (QED) is 0.172. The fourth-order valence-electron chi connectivity index (χ4n) is 4.17. The molecule has 0 radical (unpaired) electrons. The Labute approximate surface area is 235 Å². The molecule has 0 N–H and O–H groups in total. The molecule has 4 atom stereocenters. The van der Waals surface area contributed by atoms with Crippen molar-refractivity contribution in [3.63, 3.8) is 0 Å². The lowest BCUT2D eigenvalue weighted by atomic mass is 10.1. The van der Waals surface area contributed by atoms with E-state index in [2.05, 4.69) is 76.1 Å². The van der Waals surface area contributed by atoms with E-state index in [9.17, 15) is 0 Å². The Balaban J connectivity index is 1.51. The van der Waals surface area contributed by atoms with Crippen molar-refractivity contribution >= 4 is 61.6 Å². The van der Waals surface area contributed by atoms with E-state index in [-0.39, 0.29) is 29.5 Å². The minimum absolute atomic E-state index is 0.0754. The zero-order valence-electron chi connectivity index (χ0n) is 22.7. The van der Waals surface area contributed by atoms with E-state index in [1.54, 1.807) is 0 Å². The zero-order chi connectivity index (χ0) is 26.5. The van der Waals surface area contributed by atoms with Crippen molar-refractivity contribution < 1.29 is 23.4 Å². The molecule has 0 spiro atoms. The molecule has 202 valence electrons. The summed E-state index contributed by atoms with van der Waals surface area (Å²) in [6, 6.07) is 5.51. The van der Waals surface area contributed by atoms with Gasteiger partial charge < -0.3 is 23.4 Å². The number of halogens is 2. The first-order valence-corrected chi connectivity index (χ1v) is 20.7. The lowest BCUT2D eigenvalue weighted by molar-refractivity contribution is 0.00692. The van der Waals surface area contributed by atoms with Crippen LogP contribution >= 0.6 is 34.2 Å². The van der Waals surface area contributed by atoms with Crippen LogP contribution in [0.1, 0.15) is 20.8 Å². The molecule has 36 heavy (non-hydrogen) atoms. The largest absolute Gasteiger partial charge is 0.456 e. The Morgan fingerprint density at radius 1 is 1.08 bits per heavy atom. The van der Waals surface area contributed by atoms with E-state index >= 15 is 0 Å². The number of rotatable bonds is 9. The van der Waals surface area contributed by atoms with E-state index in [1.165, 1.54) is 0 Å². The van der Waals surface area contributed by atoms with Gasteiger partial charge >= 0.3 is 0 Å². The molecule has 2 aliphatic heterocycles. The predicted molar refractivity (Wildman–Crippen MR) is 158 cm³/mol. The highest BCUT2D eigenvalue weighted by Gasteiger charge is 2.52.